The summed E-state index contributed by atoms with van der Waals surface area (Å²) in [6, 6.07) is 0. The van der Waals surface area contributed by atoms with Gasteiger partial charge >= 0.3 is 23.9 Å². The van der Waals surface area contributed by atoms with Crippen molar-refractivity contribution in [2.45, 2.75) is 24.4 Å². The van der Waals surface area contributed by atoms with Crippen LogP contribution in [0.4, 0.5) is 0 Å². The second-order valence-electron chi connectivity index (χ2n) is 6.58. The van der Waals surface area contributed by atoms with Crippen LogP contribution in [0.15, 0.2) is 0 Å². The van der Waals surface area contributed by atoms with Crippen LogP contribution in [0.25, 0.3) is 0 Å². The first-order chi connectivity index (χ1) is 14.4. The van der Waals surface area contributed by atoms with Crippen molar-refractivity contribution in [1.29, 1.82) is 0 Å². The molecular weight excluding hydrogens is 428 g/mol. The Kier molecular flexibility index (Phi) is 13.4. The first-order valence-corrected chi connectivity index (χ1v) is 8.96. The molecule has 0 fully saturated rings. The molecule has 0 saturated carbocycles. The molecule has 0 unspecified atom stereocenters. The van der Waals surface area contributed by atoms with Crippen LogP contribution < -0.4 is 0 Å². The fourth-order valence-corrected chi connectivity index (χ4v) is 2.35. The first kappa shape index (κ1) is 28.6. The van der Waals surface area contributed by atoms with E-state index in [9.17, 15) is 39.6 Å². The van der Waals surface area contributed by atoms with Crippen molar-refractivity contribution in [1.82, 2.24) is 9.80 Å². The van der Waals surface area contributed by atoms with Gasteiger partial charge in [-0.25, -0.2) is 0 Å². The summed E-state index contributed by atoms with van der Waals surface area (Å²) in [6.45, 7) is -4.62. The van der Waals surface area contributed by atoms with Crippen LogP contribution in [0.2, 0.25) is 0 Å². The monoisotopic (exact) mass is 456 g/mol. The Morgan fingerprint density at radius 1 is 0.677 bits per heavy atom. The quantitative estimate of drug-likeness (QED) is 0.0953. The third-order valence-electron chi connectivity index (χ3n) is 3.90. The highest BCUT2D eigenvalue weighted by molar-refractivity contribution is 5.74. The summed E-state index contributed by atoms with van der Waals surface area (Å²) >= 11 is 0. The molecule has 0 aliphatic rings. The maximum absolute atomic E-state index is 11.9. The lowest BCUT2D eigenvalue weighted by molar-refractivity contribution is -0.158. The van der Waals surface area contributed by atoms with Crippen LogP contribution in [-0.4, -0.2) is 151 Å². The van der Waals surface area contributed by atoms with Gasteiger partial charge in [-0.05, 0) is 0 Å². The number of ether oxygens (including phenoxy) is 1. The molecule has 0 aromatic carbocycles. The largest absolute Gasteiger partial charge is 0.480 e. The molecule has 0 aromatic rings. The average Bonchev–Trinajstić information content (AvgIpc) is 2.66. The molecule has 180 valence electrons. The number of hydrogen-bond acceptors (Lipinski definition) is 12. The van der Waals surface area contributed by atoms with Gasteiger partial charge in [-0.3, -0.25) is 29.0 Å². The number of nitrogens with zero attached hydrogens (tertiary/aromatic N) is 2. The van der Waals surface area contributed by atoms with E-state index in [1.165, 1.54) is 0 Å². The van der Waals surface area contributed by atoms with Crippen molar-refractivity contribution in [3.05, 3.63) is 0 Å². The van der Waals surface area contributed by atoms with Crippen molar-refractivity contribution in [2.75, 3.05) is 52.5 Å². The number of esters is 1. The van der Waals surface area contributed by atoms with E-state index < -0.39 is 87.7 Å². The maximum atomic E-state index is 11.9. The highest BCUT2D eigenvalue weighted by Gasteiger charge is 2.31. The summed E-state index contributed by atoms with van der Waals surface area (Å²) in [5.74, 6) is -4.96. The fourth-order valence-electron chi connectivity index (χ4n) is 2.35. The van der Waals surface area contributed by atoms with Crippen LogP contribution in [0, 0.1) is 0 Å². The minimum absolute atomic E-state index is 0.189. The summed E-state index contributed by atoms with van der Waals surface area (Å²) in [5.41, 5.74) is 0. The third-order valence-corrected chi connectivity index (χ3v) is 3.90. The van der Waals surface area contributed by atoms with Gasteiger partial charge in [0.05, 0.1) is 32.8 Å². The molecule has 0 aliphatic carbocycles. The molecule has 0 bridgehead atoms. The number of carbonyl (C=O) groups excluding carboxylic acids is 1. The third kappa shape index (κ3) is 12.8. The molecular formula is C16H28N2O13. The van der Waals surface area contributed by atoms with Gasteiger partial charge in [0.15, 0.2) is 0 Å². The molecule has 0 aromatic heterocycles. The molecule has 4 atom stereocenters. The van der Waals surface area contributed by atoms with E-state index in [-0.39, 0.29) is 13.1 Å². The maximum Gasteiger partial charge on any atom is 0.320 e. The summed E-state index contributed by atoms with van der Waals surface area (Å²) in [6.07, 6.45) is -7.44. The van der Waals surface area contributed by atoms with Crippen LogP contribution in [0.1, 0.15) is 0 Å². The molecule has 0 radical (unpaired) electrons. The number of rotatable bonds is 17. The van der Waals surface area contributed by atoms with Gasteiger partial charge in [0.25, 0.3) is 0 Å². The van der Waals surface area contributed by atoms with E-state index in [2.05, 4.69) is 0 Å². The lowest BCUT2D eigenvalue weighted by atomic mass is 10.0. The number of carbonyl (C=O) groups is 4. The van der Waals surface area contributed by atoms with Crippen molar-refractivity contribution < 1.29 is 64.8 Å². The zero-order valence-corrected chi connectivity index (χ0v) is 16.5. The van der Waals surface area contributed by atoms with Gasteiger partial charge in [0.2, 0.25) is 0 Å². The van der Waals surface area contributed by atoms with Gasteiger partial charge in [-0.2, -0.15) is 0 Å². The van der Waals surface area contributed by atoms with Gasteiger partial charge in [-0.15, -0.1) is 0 Å². The number of aliphatic carboxylic acids is 3. The smallest absolute Gasteiger partial charge is 0.320 e. The van der Waals surface area contributed by atoms with Gasteiger partial charge in [-0.1, -0.05) is 0 Å². The fraction of sp³-hybridized carbons (Fsp3) is 0.750. The van der Waals surface area contributed by atoms with E-state index in [1.54, 1.807) is 0 Å². The SMILES string of the molecule is O=C(O)CN(CCN(CC(=O)O)CC(=O)OC[C@H](O)[C@@H](O)[C@H](O)[C@H](O)CO)CC(=O)O. The Hall–Kier alpha value is -2.40. The van der Waals surface area contributed by atoms with Crippen LogP contribution >= 0.6 is 0 Å². The zero-order chi connectivity index (χ0) is 24.1. The predicted octanol–water partition coefficient (Wildman–Crippen LogP) is -5.18. The number of carboxylic acid groups (broad SMARTS) is 3. The minimum atomic E-state index is -1.95. The summed E-state index contributed by atoms with van der Waals surface area (Å²) in [7, 11) is 0. The summed E-state index contributed by atoms with van der Waals surface area (Å²) < 4.78 is 4.70. The van der Waals surface area contributed by atoms with Gasteiger partial charge in [0, 0.05) is 13.1 Å². The Labute approximate surface area is 176 Å². The second-order valence-corrected chi connectivity index (χ2v) is 6.58. The molecule has 15 heteroatoms. The highest BCUT2D eigenvalue weighted by Crippen LogP contribution is 2.06. The van der Waals surface area contributed by atoms with Gasteiger partial charge < -0.3 is 45.6 Å². The Bertz CT molecular complexity index is 586. The number of aliphatic hydroxyl groups excluding tert-OH is 5. The molecule has 0 heterocycles. The molecule has 0 amide bonds. The van der Waals surface area contributed by atoms with Crippen molar-refractivity contribution in [3.8, 4) is 0 Å². The molecule has 8 N–H and O–H groups in total. The Balaban J connectivity index is 4.78. The first-order valence-electron chi connectivity index (χ1n) is 8.96. The normalized spacial score (nSPS) is 15.3. The predicted molar refractivity (Wildman–Crippen MR) is 97.9 cm³/mol. The Morgan fingerprint density at radius 3 is 1.45 bits per heavy atom. The van der Waals surface area contributed by atoms with E-state index in [1.807, 2.05) is 0 Å². The van der Waals surface area contributed by atoms with E-state index in [4.69, 9.17) is 25.2 Å². The molecule has 0 aliphatic heterocycles. The summed E-state index contributed by atoms with van der Waals surface area (Å²) in [5, 5.41) is 73.3. The van der Waals surface area contributed by atoms with Crippen molar-refractivity contribution >= 4 is 23.9 Å². The lowest BCUT2D eigenvalue weighted by Crippen LogP contribution is -2.48. The molecule has 0 rings (SSSR count). The van der Waals surface area contributed by atoms with Gasteiger partial charge in [0.1, 0.15) is 31.0 Å². The topological polar surface area (TPSA) is 246 Å². The summed E-state index contributed by atoms with van der Waals surface area (Å²) in [4.78, 5) is 46.5. The van der Waals surface area contributed by atoms with Crippen molar-refractivity contribution in [2.24, 2.45) is 0 Å². The minimum Gasteiger partial charge on any atom is -0.480 e. The number of aliphatic hydroxyl groups is 5. The zero-order valence-electron chi connectivity index (χ0n) is 16.5. The second kappa shape index (κ2) is 14.6. The standard InChI is InChI=1S/C16H28N2O13/c19-7-9(20)15(29)16(30)10(21)8-31-14(28)6-18(5-13(26)27)2-1-17(3-11(22)23)4-12(24)25/h9-10,15-16,19-21,29-30H,1-8H2,(H,22,23)(H,24,25)(H,26,27)/t9-,10+,15-,16-/m1/s1. The lowest BCUT2D eigenvalue weighted by Gasteiger charge is -2.26. The molecule has 0 spiro atoms. The van der Waals surface area contributed by atoms with E-state index in [0.717, 1.165) is 9.80 Å². The van der Waals surface area contributed by atoms with E-state index in [0.29, 0.717) is 0 Å². The number of hydrogen-bond donors (Lipinski definition) is 8. The molecule has 15 nitrogen and oxygen atoms in total. The highest BCUT2D eigenvalue weighted by atomic mass is 16.5. The van der Waals surface area contributed by atoms with Crippen LogP contribution in [0.5, 0.6) is 0 Å². The number of carboxylic acids is 3. The average molecular weight is 456 g/mol. The van der Waals surface area contributed by atoms with Crippen molar-refractivity contribution in [3.63, 3.8) is 0 Å². The van der Waals surface area contributed by atoms with E-state index >= 15 is 0 Å². The van der Waals surface area contributed by atoms with Crippen LogP contribution in [0.3, 0.4) is 0 Å². The molecule has 0 saturated heterocycles. The molecule has 31 heavy (non-hydrogen) atoms. The van der Waals surface area contributed by atoms with Crippen LogP contribution in [-0.2, 0) is 23.9 Å². The Morgan fingerprint density at radius 2 is 1.06 bits per heavy atom.